The summed E-state index contributed by atoms with van der Waals surface area (Å²) in [5.74, 6) is 0.804. The van der Waals surface area contributed by atoms with Gasteiger partial charge in [0, 0.05) is 6.54 Å². The van der Waals surface area contributed by atoms with E-state index < -0.39 is 0 Å². The summed E-state index contributed by atoms with van der Waals surface area (Å²) in [6, 6.07) is 8.39. The van der Waals surface area contributed by atoms with E-state index in [1.54, 1.807) is 7.11 Å². The topological polar surface area (TPSA) is 72.3 Å². The van der Waals surface area contributed by atoms with Crippen LogP contribution in [0, 0.1) is 6.92 Å². The zero-order chi connectivity index (χ0) is 18.8. The lowest BCUT2D eigenvalue weighted by atomic mass is 10.0. The maximum Gasteiger partial charge on any atom is 0.276 e. The largest absolute Gasteiger partial charge is 0.497 e. The van der Waals surface area contributed by atoms with E-state index in [1.807, 2.05) is 34.7 Å². The van der Waals surface area contributed by atoms with Gasteiger partial charge in [0.2, 0.25) is 0 Å². The molecule has 2 fully saturated rings. The Labute approximate surface area is 159 Å². The van der Waals surface area contributed by atoms with Crippen LogP contribution >= 0.6 is 0 Å². The summed E-state index contributed by atoms with van der Waals surface area (Å²) in [6.45, 7) is 4.68. The number of hydrogen-bond acceptors (Lipinski definition) is 5. The smallest absolute Gasteiger partial charge is 0.276 e. The monoisotopic (exact) mass is 369 g/mol. The fraction of sp³-hybridized carbons (Fsp3) is 0.550. The van der Waals surface area contributed by atoms with Gasteiger partial charge in [-0.15, -0.1) is 5.10 Å². The second-order valence-corrected chi connectivity index (χ2v) is 7.38. The number of carbonyl (C=O) groups excluding carboxylic acids is 1. The first-order chi connectivity index (χ1) is 13.2. The van der Waals surface area contributed by atoms with Gasteiger partial charge in [-0.25, -0.2) is 4.68 Å². The van der Waals surface area contributed by atoms with E-state index in [4.69, 9.17) is 4.74 Å². The summed E-state index contributed by atoms with van der Waals surface area (Å²) in [5, 5.41) is 12.0. The number of hydrogen-bond donors (Lipinski definition) is 1. The van der Waals surface area contributed by atoms with Crippen molar-refractivity contribution in [2.24, 2.45) is 0 Å². The van der Waals surface area contributed by atoms with Crippen molar-refractivity contribution in [3.63, 3.8) is 0 Å². The summed E-state index contributed by atoms with van der Waals surface area (Å²) in [6.07, 6.45) is 4.00. The number of aromatic nitrogens is 3. The number of likely N-dealkylation sites (tertiary alicyclic amines) is 1. The number of methoxy groups -OCH3 is 1. The molecule has 1 atom stereocenters. The van der Waals surface area contributed by atoms with Crippen LogP contribution < -0.4 is 10.1 Å². The molecule has 2 saturated heterocycles. The Hall–Kier alpha value is -2.41. The zero-order valence-electron chi connectivity index (χ0n) is 16.0. The lowest BCUT2D eigenvalue weighted by molar-refractivity contribution is 0.0728. The Morgan fingerprint density at radius 1 is 1.26 bits per heavy atom. The van der Waals surface area contributed by atoms with E-state index in [9.17, 15) is 4.79 Å². The van der Waals surface area contributed by atoms with E-state index in [2.05, 4.69) is 21.7 Å². The molecule has 0 saturated carbocycles. The Bertz CT molecular complexity index is 812. The molecule has 1 amide bonds. The molecule has 1 aromatic carbocycles. The van der Waals surface area contributed by atoms with Crippen LogP contribution in [0.25, 0.3) is 0 Å². The third-order valence-electron chi connectivity index (χ3n) is 5.78. The Morgan fingerprint density at radius 2 is 2.07 bits per heavy atom. The van der Waals surface area contributed by atoms with E-state index in [1.165, 1.54) is 0 Å². The summed E-state index contributed by atoms with van der Waals surface area (Å²) in [5.41, 5.74) is 2.48. The van der Waals surface area contributed by atoms with Crippen LogP contribution in [0.2, 0.25) is 0 Å². The molecule has 0 unspecified atom stereocenters. The van der Waals surface area contributed by atoms with Crippen molar-refractivity contribution >= 4 is 5.91 Å². The van der Waals surface area contributed by atoms with Gasteiger partial charge in [0.05, 0.1) is 24.9 Å². The van der Waals surface area contributed by atoms with Crippen molar-refractivity contribution in [3.05, 3.63) is 41.2 Å². The third kappa shape index (κ3) is 3.43. The lowest BCUT2D eigenvalue weighted by Crippen LogP contribution is -2.32. The molecule has 3 heterocycles. The number of piperidine rings is 1. The second-order valence-electron chi connectivity index (χ2n) is 7.38. The highest BCUT2D eigenvalue weighted by Gasteiger charge is 2.34. The second kappa shape index (κ2) is 7.68. The first-order valence-electron chi connectivity index (χ1n) is 9.76. The highest BCUT2D eigenvalue weighted by Crippen LogP contribution is 2.34. The minimum absolute atomic E-state index is 0.0157. The van der Waals surface area contributed by atoms with E-state index in [0.717, 1.165) is 62.3 Å². The van der Waals surface area contributed by atoms with Gasteiger partial charge in [-0.1, -0.05) is 17.3 Å². The quantitative estimate of drug-likeness (QED) is 0.896. The van der Waals surface area contributed by atoms with Crippen molar-refractivity contribution in [2.75, 3.05) is 26.7 Å². The Balaban J connectivity index is 1.57. The van der Waals surface area contributed by atoms with Crippen LogP contribution in [-0.4, -0.2) is 52.5 Å². The molecule has 2 aliphatic heterocycles. The van der Waals surface area contributed by atoms with E-state index in [-0.39, 0.29) is 11.9 Å². The fourth-order valence-electron chi connectivity index (χ4n) is 4.28. The molecular formula is C20H27N5O2. The lowest BCUT2D eigenvalue weighted by Gasteiger charge is -2.25. The number of carbonyl (C=O) groups is 1. The first kappa shape index (κ1) is 18.0. The molecule has 0 spiro atoms. The molecule has 2 aromatic rings. The number of nitrogens with zero attached hydrogens (tertiary/aromatic N) is 4. The van der Waals surface area contributed by atoms with Crippen LogP contribution in [0.15, 0.2) is 24.3 Å². The van der Waals surface area contributed by atoms with Gasteiger partial charge < -0.3 is 15.0 Å². The number of benzene rings is 1. The van der Waals surface area contributed by atoms with E-state index >= 15 is 0 Å². The molecule has 1 N–H and O–H groups in total. The van der Waals surface area contributed by atoms with Gasteiger partial charge >= 0.3 is 0 Å². The molecule has 7 nitrogen and oxygen atoms in total. The Kier molecular flexibility index (Phi) is 5.11. The van der Waals surface area contributed by atoms with Gasteiger partial charge in [-0.05, 0) is 63.4 Å². The zero-order valence-corrected chi connectivity index (χ0v) is 16.0. The summed E-state index contributed by atoms with van der Waals surface area (Å²) >= 11 is 0. The average Bonchev–Trinajstić information content (AvgIpc) is 3.35. The highest BCUT2D eigenvalue weighted by atomic mass is 16.5. The van der Waals surface area contributed by atoms with Gasteiger partial charge in [0.1, 0.15) is 5.75 Å². The van der Waals surface area contributed by atoms with Crippen molar-refractivity contribution in [3.8, 4) is 5.75 Å². The molecule has 0 radical (unpaired) electrons. The number of amides is 1. The van der Waals surface area contributed by atoms with Crippen molar-refractivity contribution < 1.29 is 9.53 Å². The van der Waals surface area contributed by atoms with Crippen LogP contribution in [-0.2, 0) is 0 Å². The minimum Gasteiger partial charge on any atom is -0.497 e. The van der Waals surface area contributed by atoms with Crippen molar-refractivity contribution in [1.29, 1.82) is 0 Å². The first-order valence-corrected chi connectivity index (χ1v) is 9.76. The predicted molar refractivity (Wildman–Crippen MR) is 102 cm³/mol. The van der Waals surface area contributed by atoms with Crippen LogP contribution in [0.3, 0.4) is 0 Å². The van der Waals surface area contributed by atoms with Crippen LogP contribution in [0.5, 0.6) is 5.75 Å². The normalized spacial score (nSPS) is 20.8. The Morgan fingerprint density at radius 3 is 2.85 bits per heavy atom. The molecule has 4 rings (SSSR count). The molecule has 27 heavy (non-hydrogen) atoms. The molecule has 1 aromatic heterocycles. The highest BCUT2D eigenvalue weighted by molar-refractivity contribution is 5.93. The molecule has 0 aliphatic carbocycles. The average molecular weight is 369 g/mol. The van der Waals surface area contributed by atoms with Gasteiger partial charge in [0.25, 0.3) is 5.91 Å². The molecule has 0 bridgehead atoms. The number of rotatable bonds is 4. The third-order valence-corrected chi connectivity index (χ3v) is 5.78. The van der Waals surface area contributed by atoms with Gasteiger partial charge in [-0.2, -0.15) is 0 Å². The minimum atomic E-state index is -0.0157. The number of ether oxygens (including phenoxy) is 1. The standard InChI is InChI=1S/C20H27N5O2/c1-14-19(22-23-25(14)16-8-10-21-11-9-16)20(26)24-12-4-7-18(24)15-5-3-6-17(13-15)27-2/h3,5-6,13,16,18,21H,4,7-12H2,1-2H3/t18-/m0/s1. The number of nitrogens with one attached hydrogen (secondary N) is 1. The van der Waals surface area contributed by atoms with Crippen LogP contribution in [0.1, 0.15) is 59.5 Å². The van der Waals surface area contributed by atoms with Gasteiger partial charge in [0.15, 0.2) is 5.69 Å². The predicted octanol–water partition coefficient (Wildman–Crippen LogP) is 2.50. The maximum atomic E-state index is 13.3. The van der Waals surface area contributed by atoms with Gasteiger partial charge in [-0.3, -0.25) is 4.79 Å². The molecule has 2 aliphatic rings. The molecule has 7 heteroatoms. The van der Waals surface area contributed by atoms with Crippen molar-refractivity contribution in [1.82, 2.24) is 25.2 Å². The molecule has 144 valence electrons. The SMILES string of the molecule is COc1cccc([C@@H]2CCCN2C(=O)c2nnn(C3CCNCC3)c2C)c1. The summed E-state index contributed by atoms with van der Waals surface area (Å²) in [7, 11) is 1.67. The van der Waals surface area contributed by atoms with E-state index in [0.29, 0.717) is 11.7 Å². The fourth-order valence-corrected chi connectivity index (χ4v) is 4.28. The summed E-state index contributed by atoms with van der Waals surface area (Å²) < 4.78 is 7.30. The molecular weight excluding hydrogens is 342 g/mol. The maximum absolute atomic E-state index is 13.3. The summed E-state index contributed by atoms with van der Waals surface area (Å²) in [4.78, 5) is 15.2. The van der Waals surface area contributed by atoms with Crippen molar-refractivity contribution in [2.45, 2.75) is 44.7 Å². The van der Waals surface area contributed by atoms with Crippen LogP contribution in [0.4, 0.5) is 0 Å².